The maximum Gasteiger partial charge on any atom is 0.252 e. The van der Waals surface area contributed by atoms with Gasteiger partial charge in [0.25, 0.3) is 5.91 Å². The molecule has 1 aliphatic rings. The summed E-state index contributed by atoms with van der Waals surface area (Å²) in [7, 11) is 0. The zero-order chi connectivity index (χ0) is 18.5. The van der Waals surface area contributed by atoms with Crippen molar-refractivity contribution in [3.63, 3.8) is 0 Å². The first-order chi connectivity index (χ1) is 13.3. The van der Waals surface area contributed by atoms with Crippen molar-refractivity contribution in [3.05, 3.63) is 83.4 Å². The smallest absolute Gasteiger partial charge is 0.252 e. The Balaban J connectivity index is 1.40. The summed E-state index contributed by atoms with van der Waals surface area (Å²) in [5.74, 6) is 1.81. The predicted octanol–water partition coefficient (Wildman–Crippen LogP) is 3.73. The van der Waals surface area contributed by atoms with E-state index in [4.69, 9.17) is 4.74 Å². The van der Waals surface area contributed by atoms with Crippen LogP contribution in [-0.2, 0) is 26.1 Å². The fraction of sp³-hybridized carbons (Fsp3) is 0.273. The highest BCUT2D eigenvalue weighted by molar-refractivity contribution is 5.95. The maximum atomic E-state index is 12.7. The minimum atomic E-state index is -0.103. The first kappa shape index (κ1) is 17.3. The molecule has 2 aromatic carbocycles. The van der Waals surface area contributed by atoms with Gasteiger partial charge in [0.2, 0.25) is 0 Å². The third kappa shape index (κ3) is 4.19. The first-order valence-corrected chi connectivity index (χ1v) is 9.38. The number of carbonyl (C=O) groups is 1. The Hall–Kier alpha value is -3.08. The van der Waals surface area contributed by atoms with Crippen molar-refractivity contribution in [3.8, 4) is 5.75 Å². The number of imidazole rings is 1. The molecule has 0 bridgehead atoms. The summed E-state index contributed by atoms with van der Waals surface area (Å²) in [6, 6.07) is 17.2. The summed E-state index contributed by atoms with van der Waals surface area (Å²) in [6.07, 6.45) is 5.47. The van der Waals surface area contributed by atoms with Gasteiger partial charge in [0.15, 0.2) is 0 Å². The number of aromatic nitrogens is 2. The van der Waals surface area contributed by atoms with Gasteiger partial charge >= 0.3 is 0 Å². The van der Waals surface area contributed by atoms with E-state index in [9.17, 15) is 4.79 Å². The largest absolute Gasteiger partial charge is 0.489 e. The number of hydrogen-bond donors (Lipinski definition) is 1. The van der Waals surface area contributed by atoms with Crippen LogP contribution in [0.1, 0.15) is 40.3 Å². The minimum Gasteiger partial charge on any atom is -0.489 e. The summed E-state index contributed by atoms with van der Waals surface area (Å²) in [6.45, 7) is 1.81. The van der Waals surface area contributed by atoms with E-state index in [1.54, 1.807) is 0 Å². The van der Waals surface area contributed by atoms with E-state index in [1.807, 2.05) is 54.6 Å². The van der Waals surface area contributed by atoms with E-state index in [2.05, 4.69) is 21.1 Å². The second-order valence-corrected chi connectivity index (χ2v) is 6.74. The number of nitrogens with zero attached hydrogens (tertiary/aromatic N) is 2. The second kappa shape index (κ2) is 8.08. The van der Waals surface area contributed by atoms with Crippen LogP contribution in [0.15, 0.2) is 60.8 Å². The molecule has 0 spiro atoms. The summed E-state index contributed by atoms with van der Waals surface area (Å²) in [5.41, 5.74) is 2.42. The molecule has 138 valence electrons. The normalized spacial score (nSPS) is 13.0. The highest BCUT2D eigenvalue weighted by Gasteiger charge is 2.14. The fourth-order valence-corrected chi connectivity index (χ4v) is 3.37. The Labute approximate surface area is 159 Å². The molecule has 3 aromatic rings. The van der Waals surface area contributed by atoms with Gasteiger partial charge in [0.1, 0.15) is 18.2 Å². The third-order valence-electron chi connectivity index (χ3n) is 4.79. The van der Waals surface area contributed by atoms with Gasteiger partial charge in [0.05, 0.1) is 12.2 Å². The van der Waals surface area contributed by atoms with Crippen LogP contribution < -0.4 is 10.1 Å². The lowest BCUT2D eigenvalue weighted by Gasteiger charge is -2.11. The molecule has 5 heteroatoms. The summed E-state index contributed by atoms with van der Waals surface area (Å²) < 4.78 is 8.01. The van der Waals surface area contributed by atoms with E-state index >= 15 is 0 Å². The molecule has 1 aliphatic heterocycles. The van der Waals surface area contributed by atoms with Crippen LogP contribution in [0.4, 0.5) is 0 Å². The molecule has 4 rings (SSSR count). The SMILES string of the molecule is O=C(NCc1cn2c(n1)CCCC2)c1ccccc1COc1ccccc1. The average Bonchev–Trinajstić information content (AvgIpc) is 3.14. The van der Waals surface area contributed by atoms with Gasteiger partial charge in [-0.25, -0.2) is 4.98 Å². The number of ether oxygens (including phenoxy) is 1. The lowest BCUT2D eigenvalue weighted by atomic mass is 10.1. The highest BCUT2D eigenvalue weighted by atomic mass is 16.5. The van der Waals surface area contributed by atoms with Crippen LogP contribution in [0.2, 0.25) is 0 Å². The molecule has 27 heavy (non-hydrogen) atoms. The molecule has 0 fully saturated rings. The molecular weight excluding hydrogens is 338 g/mol. The monoisotopic (exact) mass is 361 g/mol. The summed E-state index contributed by atoms with van der Waals surface area (Å²) in [4.78, 5) is 17.3. The van der Waals surface area contributed by atoms with Crippen molar-refractivity contribution >= 4 is 5.91 Å². The van der Waals surface area contributed by atoms with E-state index in [1.165, 1.54) is 12.8 Å². The minimum absolute atomic E-state index is 0.103. The Morgan fingerprint density at radius 2 is 1.89 bits per heavy atom. The van der Waals surface area contributed by atoms with Crippen molar-refractivity contribution in [2.24, 2.45) is 0 Å². The Bertz CT molecular complexity index is 895. The lowest BCUT2D eigenvalue weighted by molar-refractivity contribution is 0.0948. The number of nitrogens with one attached hydrogen (secondary N) is 1. The molecule has 0 saturated heterocycles. The van der Waals surface area contributed by atoms with Crippen molar-refractivity contribution < 1.29 is 9.53 Å². The molecule has 0 radical (unpaired) electrons. The number of rotatable bonds is 6. The number of amides is 1. The number of carbonyl (C=O) groups excluding carboxylic acids is 1. The molecule has 5 nitrogen and oxygen atoms in total. The van der Waals surface area contributed by atoms with Crippen molar-refractivity contribution in [1.82, 2.24) is 14.9 Å². The molecule has 0 atom stereocenters. The van der Waals surface area contributed by atoms with Gasteiger partial charge in [-0.2, -0.15) is 0 Å². The van der Waals surface area contributed by atoms with Crippen LogP contribution in [-0.4, -0.2) is 15.5 Å². The predicted molar refractivity (Wildman–Crippen MR) is 104 cm³/mol. The molecule has 1 N–H and O–H groups in total. The van der Waals surface area contributed by atoms with Crippen LogP contribution >= 0.6 is 0 Å². The van der Waals surface area contributed by atoms with Crippen molar-refractivity contribution in [2.45, 2.75) is 39.0 Å². The first-order valence-electron chi connectivity index (χ1n) is 9.38. The molecule has 0 aliphatic carbocycles. The number of fused-ring (bicyclic) bond motifs is 1. The van der Waals surface area contributed by atoms with Crippen LogP contribution in [0.25, 0.3) is 0 Å². The molecular formula is C22H23N3O2. The summed E-state index contributed by atoms with van der Waals surface area (Å²) in [5, 5.41) is 2.99. The zero-order valence-corrected chi connectivity index (χ0v) is 15.2. The topological polar surface area (TPSA) is 56.2 Å². The molecule has 0 saturated carbocycles. The van der Waals surface area contributed by atoms with Crippen molar-refractivity contribution in [2.75, 3.05) is 0 Å². The van der Waals surface area contributed by atoms with Crippen LogP contribution in [0, 0.1) is 0 Å². The van der Waals surface area contributed by atoms with E-state index in [-0.39, 0.29) is 5.91 Å². The van der Waals surface area contributed by atoms with Gasteiger partial charge < -0.3 is 14.6 Å². The average molecular weight is 361 g/mol. The van der Waals surface area contributed by atoms with Gasteiger partial charge in [-0.05, 0) is 31.0 Å². The van der Waals surface area contributed by atoms with Gasteiger partial charge in [0, 0.05) is 30.3 Å². The van der Waals surface area contributed by atoms with Gasteiger partial charge in [-0.15, -0.1) is 0 Å². The maximum absolute atomic E-state index is 12.7. The molecule has 1 amide bonds. The molecule has 0 unspecified atom stereocenters. The Morgan fingerprint density at radius 1 is 1.07 bits per heavy atom. The number of para-hydroxylation sites is 1. The lowest BCUT2D eigenvalue weighted by Crippen LogP contribution is -2.24. The third-order valence-corrected chi connectivity index (χ3v) is 4.79. The number of hydrogen-bond acceptors (Lipinski definition) is 3. The van der Waals surface area contributed by atoms with Crippen LogP contribution in [0.3, 0.4) is 0 Å². The molecule has 1 aromatic heterocycles. The van der Waals surface area contributed by atoms with Gasteiger partial charge in [-0.1, -0.05) is 36.4 Å². The standard InChI is InChI=1S/C22H23N3O2/c26-22(23-14-18-15-25-13-7-6-12-21(25)24-18)20-11-5-4-8-17(20)16-27-19-9-2-1-3-10-19/h1-5,8-11,15H,6-7,12-14,16H2,(H,23,26). The Kier molecular flexibility index (Phi) is 5.19. The van der Waals surface area contributed by atoms with E-state index in [0.717, 1.165) is 35.8 Å². The van der Waals surface area contributed by atoms with E-state index < -0.39 is 0 Å². The number of benzene rings is 2. The molecule has 2 heterocycles. The quantitative estimate of drug-likeness (QED) is 0.728. The van der Waals surface area contributed by atoms with E-state index in [0.29, 0.717) is 18.7 Å². The van der Waals surface area contributed by atoms with Crippen molar-refractivity contribution in [1.29, 1.82) is 0 Å². The van der Waals surface area contributed by atoms with Gasteiger partial charge in [-0.3, -0.25) is 4.79 Å². The second-order valence-electron chi connectivity index (χ2n) is 6.74. The van der Waals surface area contributed by atoms with Crippen LogP contribution in [0.5, 0.6) is 5.75 Å². The summed E-state index contributed by atoms with van der Waals surface area (Å²) >= 11 is 0. The Morgan fingerprint density at radius 3 is 2.74 bits per heavy atom. The highest BCUT2D eigenvalue weighted by Crippen LogP contribution is 2.16. The zero-order valence-electron chi connectivity index (χ0n) is 15.2. The number of aryl methyl sites for hydroxylation is 2. The fourth-order valence-electron chi connectivity index (χ4n) is 3.37.